The highest BCUT2D eigenvalue weighted by Gasteiger charge is 2.29. The number of carbonyl (C=O) groups is 2. The molecule has 92 valence electrons. The Morgan fingerprint density at radius 1 is 1.28 bits per heavy atom. The van der Waals surface area contributed by atoms with Crippen LogP contribution in [0.4, 0.5) is 4.79 Å². The van der Waals surface area contributed by atoms with Crippen LogP contribution in [-0.2, 0) is 11.2 Å². The zero-order valence-electron chi connectivity index (χ0n) is 9.91. The molecule has 2 heterocycles. The van der Waals surface area contributed by atoms with E-state index in [2.05, 4.69) is 15.6 Å². The van der Waals surface area contributed by atoms with Gasteiger partial charge in [-0.1, -0.05) is 18.2 Å². The van der Waals surface area contributed by atoms with Gasteiger partial charge in [0.1, 0.15) is 6.04 Å². The molecule has 1 aliphatic rings. The van der Waals surface area contributed by atoms with Gasteiger partial charge in [0, 0.05) is 23.5 Å². The molecule has 1 aromatic carbocycles. The van der Waals surface area contributed by atoms with Crippen molar-refractivity contribution in [2.45, 2.75) is 19.4 Å². The predicted molar refractivity (Wildman–Crippen MR) is 67.2 cm³/mol. The summed E-state index contributed by atoms with van der Waals surface area (Å²) in [6.45, 7) is 2.03. The highest BCUT2D eigenvalue weighted by Crippen LogP contribution is 2.22. The van der Waals surface area contributed by atoms with E-state index in [4.69, 9.17) is 0 Å². The standard InChI is InChI=1S/C13H13N3O2/c1-7-3-2-4-9-8(6-14-11(7)9)5-10-12(17)16-13(18)15-10/h2-4,6,10,14H,5H2,1H3,(H2,15,16,17,18). The molecule has 0 aliphatic carbocycles. The minimum absolute atomic E-state index is 0.262. The average molecular weight is 243 g/mol. The Balaban J connectivity index is 1.94. The number of aryl methyl sites for hydroxylation is 1. The van der Waals surface area contributed by atoms with Crippen molar-refractivity contribution >= 4 is 22.8 Å². The third-order valence-corrected chi connectivity index (χ3v) is 3.29. The Labute approximate surface area is 104 Å². The van der Waals surface area contributed by atoms with Gasteiger partial charge < -0.3 is 10.3 Å². The van der Waals surface area contributed by atoms with Crippen LogP contribution in [0.3, 0.4) is 0 Å². The summed E-state index contributed by atoms with van der Waals surface area (Å²) < 4.78 is 0. The molecule has 1 atom stereocenters. The molecule has 2 aromatic rings. The summed E-state index contributed by atoms with van der Waals surface area (Å²) in [6.07, 6.45) is 2.40. The number of aromatic amines is 1. The molecule has 5 heteroatoms. The van der Waals surface area contributed by atoms with Gasteiger partial charge in [-0.05, 0) is 18.1 Å². The molecule has 1 saturated heterocycles. The average Bonchev–Trinajstić information content (AvgIpc) is 2.86. The number of aromatic nitrogens is 1. The Morgan fingerprint density at radius 2 is 2.11 bits per heavy atom. The lowest BCUT2D eigenvalue weighted by molar-refractivity contribution is -0.120. The Morgan fingerprint density at radius 3 is 2.83 bits per heavy atom. The summed E-state index contributed by atoms with van der Waals surface area (Å²) in [4.78, 5) is 25.8. The molecule has 0 radical (unpaired) electrons. The van der Waals surface area contributed by atoms with E-state index < -0.39 is 12.1 Å². The smallest absolute Gasteiger partial charge is 0.322 e. The van der Waals surface area contributed by atoms with Crippen molar-refractivity contribution < 1.29 is 9.59 Å². The van der Waals surface area contributed by atoms with Crippen molar-refractivity contribution in [1.29, 1.82) is 0 Å². The summed E-state index contributed by atoms with van der Waals surface area (Å²) >= 11 is 0. The third kappa shape index (κ3) is 1.64. The van der Waals surface area contributed by atoms with Crippen LogP contribution >= 0.6 is 0 Å². The molecular weight excluding hydrogens is 230 g/mol. The molecule has 5 nitrogen and oxygen atoms in total. The van der Waals surface area contributed by atoms with E-state index in [0.29, 0.717) is 6.42 Å². The van der Waals surface area contributed by atoms with Crippen LogP contribution in [0.5, 0.6) is 0 Å². The molecule has 0 bridgehead atoms. The Kier molecular flexibility index (Phi) is 2.33. The molecule has 3 rings (SSSR count). The van der Waals surface area contributed by atoms with E-state index in [1.807, 2.05) is 31.3 Å². The van der Waals surface area contributed by atoms with Crippen LogP contribution in [0.2, 0.25) is 0 Å². The zero-order chi connectivity index (χ0) is 12.7. The number of benzene rings is 1. The van der Waals surface area contributed by atoms with Gasteiger partial charge in [0.25, 0.3) is 5.91 Å². The summed E-state index contributed by atoms with van der Waals surface area (Å²) in [6, 6.07) is 5.15. The van der Waals surface area contributed by atoms with E-state index in [-0.39, 0.29) is 5.91 Å². The van der Waals surface area contributed by atoms with Gasteiger partial charge in [-0.25, -0.2) is 4.79 Å². The number of hydrogen-bond acceptors (Lipinski definition) is 2. The highest BCUT2D eigenvalue weighted by molar-refractivity contribution is 6.04. The molecule has 1 unspecified atom stereocenters. The van der Waals surface area contributed by atoms with Crippen LogP contribution in [0.25, 0.3) is 10.9 Å². The van der Waals surface area contributed by atoms with Gasteiger partial charge in [0.2, 0.25) is 0 Å². The Bertz CT molecular complexity index is 645. The Hall–Kier alpha value is -2.30. The monoisotopic (exact) mass is 243 g/mol. The first-order valence-corrected chi connectivity index (χ1v) is 5.82. The topological polar surface area (TPSA) is 74.0 Å². The summed E-state index contributed by atoms with van der Waals surface area (Å²) in [5.74, 6) is -0.262. The van der Waals surface area contributed by atoms with Crippen LogP contribution in [0, 0.1) is 6.92 Å². The number of fused-ring (bicyclic) bond motifs is 1. The number of amides is 3. The zero-order valence-corrected chi connectivity index (χ0v) is 9.91. The fourth-order valence-corrected chi connectivity index (χ4v) is 2.36. The summed E-state index contributed by atoms with van der Waals surface area (Å²) in [5.41, 5.74) is 3.28. The van der Waals surface area contributed by atoms with Crippen molar-refractivity contribution in [3.63, 3.8) is 0 Å². The molecular formula is C13H13N3O2. The maximum Gasteiger partial charge on any atom is 0.322 e. The lowest BCUT2D eigenvalue weighted by Crippen LogP contribution is -2.30. The van der Waals surface area contributed by atoms with E-state index in [1.54, 1.807) is 0 Å². The first-order chi connectivity index (χ1) is 8.65. The molecule has 1 fully saturated rings. The highest BCUT2D eigenvalue weighted by atomic mass is 16.2. The lowest BCUT2D eigenvalue weighted by Gasteiger charge is -2.05. The van der Waals surface area contributed by atoms with Crippen LogP contribution in [-0.4, -0.2) is 23.0 Å². The fourth-order valence-electron chi connectivity index (χ4n) is 2.36. The van der Waals surface area contributed by atoms with Gasteiger partial charge in [-0.3, -0.25) is 10.1 Å². The second kappa shape index (κ2) is 3.87. The van der Waals surface area contributed by atoms with E-state index in [1.165, 1.54) is 5.56 Å². The number of imide groups is 1. The second-order valence-electron chi connectivity index (χ2n) is 4.53. The van der Waals surface area contributed by atoms with Gasteiger partial charge in [-0.2, -0.15) is 0 Å². The largest absolute Gasteiger partial charge is 0.361 e. The maximum atomic E-state index is 11.5. The third-order valence-electron chi connectivity index (χ3n) is 3.29. The first kappa shape index (κ1) is 10.8. The molecule has 3 N–H and O–H groups in total. The minimum Gasteiger partial charge on any atom is -0.361 e. The van der Waals surface area contributed by atoms with Crippen LogP contribution < -0.4 is 10.6 Å². The van der Waals surface area contributed by atoms with E-state index in [0.717, 1.165) is 16.5 Å². The number of carbonyl (C=O) groups excluding carboxylic acids is 2. The SMILES string of the molecule is Cc1cccc2c(CC3NC(=O)NC3=O)c[nH]c12. The van der Waals surface area contributed by atoms with Gasteiger partial charge >= 0.3 is 6.03 Å². The van der Waals surface area contributed by atoms with Crippen molar-refractivity contribution in [1.82, 2.24) is 15.6 Å². The van der Waals surface area contributed by atoms with Crippen LogP contribution in [0.15, 0.2) is 24.4 Å². The predicted octanol–water partition coefficient (Wildman–Crippen LogP) is 1.23. The van der Waals surface area contributed by atoms with Crippen molar-refractivity contribution in [3.8, 4) is 0 Å². The number of para-hydroxylation sites is 1. The number of H-pyrrole nitrogens is 1. The maximum absolute atomic E-state index is 11.5. The van der Waals surface area contributed by atoms with Crippen molar-refractivity contribution in [2.75, 3.05) is 0 Å². The van der Waals surface area contributed by atoms with Gasteiger partial charge in [0.15, 0.2) is 0 Å². The van der Waals surface area contributed by atoms with Crippen molar-refractivity contribution in [3.05, 3.63) is 35.5 Å². The number of urea groups is 1. The minimum atomic E-state index is -0.475. The molecule has 1 aliphatic heterocycles. The summed E-state index contributed by atoms with van der Waals surface area (Å²) in [5, 5.41) is 5.95. The van der Waals surface area contributed by atoms with Gasteiger partial charge in [0.05, 0.1) is 0 Å². The fraction of sp³-hybridized carbons (Fsp3) is 0.231. The molecule has 0 saturated carbocycles. The normalized spacial score (nSPS) is 19.1. The van der Waals surface area contributed by atoms with E-state index >= 15 is 0 Å². The molecule has 3 amide bonds. The molecule has 1 aromatic heterocycles. The van der Waals surface area contributed by atoms with Gasteiger partial charge in [-0.15, -0.1) is 0 Å². The summed E-state index contributed by atoms with van der Waals surface area (Å²) in [7, 11) is 0. The van der Waals surface area contributed by atoms with Crippen LogP contribution in [0.1, 0.15) is 11.1 Å². The lowest BCUT2D eigenvalue weighted by atomic mass is 10.0. The number of rotatable bonds is 2. The second-order valence-corrected chi connectivity index (χ2v) is 4.53. The quantitative estimate of drug-likeness (QED) is 0.694. The molecule has 0 spiro atoms. The number of hydrogen-bond donors (Lipinski definition) is 3. The first-order valence-electron chi connectivity index (χ1n) is 5.82. The van der Waals surface area contributed by atoms with Crippen molar-refractivity contribution in [2.24, 2.45) is 0 Å². The number of nitrogens with one attached hydrogen (secondary N) is 3. The van der Waals surface area contributed by atoms with E-state index in [9.17, 15) is 9.59 Å². The molecule has 18 heavy (non-hydrogen) atoms.